The predicted octanol–water partition coefficient (Wildman–Crippen LogP) is 3.55. The average Bonchev–Trinajstić information content (AvgIpc) is 3.06. The van der Waals surface area contributed by atoms with Crippen LogP contribution < -0.4 is 5.14 Å². The molecule has 0 saturated heterocycles. The minimum absolute atomic E-state index is 0.000262. The molecule has 3 rings (SSSR count). The monoisotopic (exact) mass is 427 g/mol. The number of carbonyl (C=O) groups is 1. The predicted molar refractivity (Wildman–Crippen MR) is 116 cm³/mol. The summed E-state index contributed by atoms with van der Waals surface area (Å²) < 4.78 is 30.6. The molecule has 1 heterocycles. The van der Waals surface area contributed by atoms with E-state index in [-0.39, 0.29) is 11.5 Å². The van der Waals surface area contributed by atoms with E-state index in [4.69, 9.17) is 9.88 Å². The number of hydrogen-bond donors (Lipinski definition) is 1. The van der Waals surface area contributed by atoms with Crippen molar-refractivity contribution in [2.45, 2.75) is 44.7 Å². The molecule has 158 valence electrons. The molecule has 0 saturated carbocycles. The first kappa shape index (κ1) is 21.7. The van der Waals surface area contributed by atoms with E-state index in [0.717, 1.165) is 29.5 Å². The van der Waals surface area contributed by atoms with Gasteiger partial charge in [-0.05, 0) is 43.2 Å². The highest BCUT2D eigenvalue weighted by Crippen LogP contribution is 2.21. The third-order valence-electron chi connectivity index (χ3n) is 4.70. The number of nitrogens with zero attached hydrogens (tertiary/aromatic N) is 2. The number of carbonyl (C=O) groups excluding carboxylic acids is 1. The number of aryl methyl sites for hydroxylation is 2. The fourth-order valence-electron chi connectivity index (χ4n) is 3.04. The van der Waals surface area contributed by atoms with Crippen LogP contribution in [0.15, 0.2) is 53.4 Å². The van der Waals surface area contributed by atoms with Gasteiger partial charge in [0.15, 0.2) is 0 Å². The molecule has 0 amide bonds. The van der Waals surface area contributed by atoms with Crippen LogP contribution in [0.3, 0.4) is 0 Å². The number of unbranched alkanes of at least 4 members (excludes halogenated alkanes) is 1. The zero-order chi connectivity index (χ0) is 21.7. The van der Waals surface area contributed by atoms with Crippen molar-refractivity contribution in [3.8, 4) is 0 Å². The van der Waals surface area contributed by atoms with Crippen LogP contribution in [0, 0.1) is 6.92 Å². The fourth-order valence-corrected chi connectivity index (χ4v) is 3.57. The van der Waals surface area contributed by atoms with E-state index in [1.54, 1.807) is 12.1 Å². The molecular formula is C22H25N3O4S. The smallest absolute Gasteiger partial charge is 0.331 e. The lowest BCUT2D eigenvalue weighted by Crippen LogP contribution is -2.11. The van der Waals surface area contributed by atoms with Gasteiger partial charge in [0, 0.05) is 12.6 Å². The minimum atomic E-state index is -3.82. The summed E-state index contributed by atoms with van der Waals surface area (Å²) in [6, 6.07) is 12.4. The van der Waals surface area contributed by atoms with Gasteiger partial charge >= 0.3 is 5.97 Å². The molecule has 30 heavy (non-hydrogen) atoms. The van der Waals surface area contributed by atoms with Gasteiger partial charge < -0.3 is 9.30 Å². The van der Waals surface area contributed by atoms with E-state index in [1.807, 2.05) is 35.8 Å². The van der Waals surface area contributed by atoms with Crippen molar-refractivity contribution in [2.75, 3.05) is 0 Å². The van der Waals surface area contributed by atoms with Crippen molar-refractivity contribution in [1.29, 1.82) is 0 Å². The Bertz CT molecular complexity index is 1180. The van der Waals surface area contributed by atoms with Gasteiger partial charge in [0.1, 0.15) is 12.4 Å². The largest absolute Gasteiger partial charge is 0.454 e. The zero-order valence-electron chi connectivity index (χ0n) is 17.0. The molecule has 0 bridgehead atoms. The molecule has 0 aliphatic rings. The molecule has 1 aromatic heterocycles. The lowest BCUT2D eigenvalue weighted by molar-refractivity contribution is -0.139. The highest BCUT2D eigenvalue weighted by Gasteiger charge is 2.15. The van der Waals surface area contributed by atoms with Gasteiger partial charge in [0.2, 0.25) is 10.0 Å². The van der Waals surface area contributed by atoms with Gasteiger partial charge in [-0.3, -0.25) is 0 Å². The highest BCUT2D eigenvalue weighted by atomic mass is 32.2. The Morgan fingerprint density at radius 2 is 1.93 bits per heavy atom. The molecule has 0 aliphatic heterocycles. The Hall–Kier alpha value is -2.97. The molecule has 7 nitrogen and oxygen atoms in total. The van der Waals surface area contributed by atoms with Gasteiger partial charge in [-0.25, -0.2) is 23.3 Å². The van der Waals surface area contributed by atoms with Crippen molar-refractivity contribution in [3.63, 3.8) is 0 Å². The van der Waals surface area contributed by atoms with Crippen LogP contribution in [0.2, 0.25) is 0 Å². The molecule has 2 aromatic carbocycles. The van der Waals surface area contributed by atoms with Crippen LogP contribution in [0.1, 0.15) is 36.7 Å². The van der Waals surface area contributed by atoms with Crippen LogP contribution in [0.25, 0.3) is 17.1 Å². The first-order valence-corrected chi connectivity index (χ1v) is 11.3. The number of esters is 1. The number of fused-ring (bicyclic) bond motifs is 1. The third-order valence-corrected chi connectivity index (χ3v) is 5.61. The van der Waals surface area contributed by atoms with Crippen molar-refractivity contribution in [3.05, 3.63) is 65.5 Å². The number of imidazole rings is 1. The van der Waals surface area contributed by atoms with Crippen LogP contribution in [0.5, 0.6) is 0 Å². The molecular weight excluding hydrogens is 402 g/mol. The molecule has 2 N–H and O–H groups in total. The summed E-state index contributed by atoms with van der Waals surface area (Å²) in [7, 11) is -3.82. The second-order valence-electron chi connectivity index (χ2n) is 7.08. The summed E-state index contributed by atoms with van der Waals surface area (Å²) in [6.45, 7) is 4.75. The van der Waals surface area contributed by atoms with Crippen molar-refractivity contribution >= 4 is 33.1 Å². The lowest BCUT2D eigenvalue weighted by atomic mass is 10.1. The number of hydrogen-bond acceptors (Lipinski definition) is 5. The summed E-state index contributed by atoms with van der Waals surface area (Å²) >= 11 is 0. The second kappa shape index (κ2) is 9.23. The SMILES string of the molecule is CCCCn1c(COC(=O)/C=C/c2ccc(C)cc2)nc2cc(S(N)(=O)=O)ccc21. The maximum absolute atomic E-state index is 12.1. The van der Waals surface area contributed by atoms with Crippen LogP contribution in [-0.4, -0.2) is 23.9 Å². The Balaban J connectivity index is 1.79. The van der Waals surface area contributed by atoms with E-state index in [2.05, 4.69) is 11.9 Å². The minimum Gasteiger partial charge on any atom is -0.454 e. The number of sulfonamides is 1. The summed E-state index contributed by atoms with van der Waals surface area (Å²) in [5, 5.41) is 5.22. The Labute approximate surface area is 176 Å². The number of benzene rings is 2. The zero-order valence-corrected chi connectivity index (χ0v) is 17.9. The molecule has 3 aromatic rings. The maximum atomic E-state index is 12.1. The maximum Gasteiger partial charge on any atom is 0.331 e. The van der Waals surface area contributed by atoms with Crippen molar-refractivity contribution < 1.29 is 17.9 Å². The summed E-state index contributed by atoms with van der Waals surface area (Å²) in [4.78, 5) is 16.6. The fraction of sp³-hybridized carbons (Fsp3) is 0.273. The summed E-state index contributed by atoms with van der Waals surface area (Å²) in [5.74, 6) is 0.0806. The average molecular weight is 428 g/mol. The molecule has 0 spiro atoms. The van der Waals surface area contributed by atoms with Crippen molar-refractivity contribution in [2.24, 2.45) is 5.14 Å². The van der Waals surface area contributed by atoms with Crippen LogP contribution in [-0.2, 0) is 32.7 Å². The quantitative estimate of drug-likeness (QED) is 0.437. The van der Waals surface area contributed by atoms with E-state index in [0.29, 0.717) is 17.9 Å². The molecule has 8 heteroatoms. The molecule has 0 atom stereocenters. The second-order valence-corrected chi connectivity index (χ2v) is 8.64. The van der Waals surface area contributed by atoms with Crippen molar-refractivity contribution in [1.82, 2.24) is 9.55 Å². The first-order chi connectivity index (χ1) is 14.3. The van der Waals surface area contributed by atoms with Gasteiger partial charge in [-0.2, -0.15) is 0 Å². The standard InChI is InChI=1S/C22H25N3O4S/c1-3-4-13-25-20-11-10-18(30(23,27)28)14-19(20)24-21(25)15-29-22(26)12-9-17-7-5-16(2)6-8-17/h5-12,14H,3-4,13,15H2,1-2H3,(H2,23,27,28)/b12-9+. The number of nitrogens with two attached hydrogens (primary N) is 1. The summed E-state index contributed by atoms with van der Waals surface area (Å²) in [5.41, 5.74) is 3.32. The molecule has 0 radical (unpaired) electrons. The number of aromatic nitrogens is 2. The van der Waals surface area contributed by atoms with Gasteiger partial charge in [-0.15, -0.1) is 0 Å². The van der Waals surface area contributed by atoms with E-state index in [9.17, 15) is 13.2 Å². The molecule has 0 fully saturated rings. The number of rotatable bonds is 8. The lowest BCUT2D eigenvalue weighted by Gasteiger charge is -2.08. The summed E-state index contributed by atoms with van der Waals surface area (Å²) in [6.07, 6.45) is 4.97. The Morgan fingerprint density at radius 1 is 1.20 bits per heavy atom. The normalized spacial score (nSPS) is 12.0. The van der Waals surface area contributed by atoms with Crippen LogP contribution in [0.4, 0.5) is 0 Å². The van der Waals surface area contributed by atoms with Gasteiger partial charge in [0.25, 0.3) is 0 Å². The van der Waals surface area contributed by atoms with Gasteiger partial charge in [-0.1, -0.05) is 43.2 Å². The topological polar surface area (TPSA) is 104 Å². The highest BCUT2D eigenvalue weighted by molar-refractivity contribution is 7.89. The van der Waals surface area contributed by atoms with Crippen LogP contribution >= 0.6 is 0 Å². The first-order valence-electron chi connectivity index (χ1n) is 9.71. The van der Waals surface area contributed by atoms with Gasteiger partial charge in [0.05, 0.1) is 15.9 Å². The number of ether oxygens (including phenoxy) is 1. The molecule has 0 aliphatic carbocycles. The Morgan fingerprint density at radius 3 is 2.60 bits per heavy atom. The molecule has 0 unspecified atom stereocenters. The van der Waals surface area contributed by atoms with E-state index in [1.165, 1.54) is 18.2 Å². The van der Waals surface area contributed by atoms with E-state index < -0.39 is 16.0 Å². The third kappa shape index (κ3) is 5.34. The Kier molecular flexibility index (Phi) is 6.69. The van der Waals surface area contributed by atoms with E-state index >= 15 is 0 Å². The number of primary sulfonamides is 1.